The van der Waals surface area contributed by atoms with Gasteiger partial charge in [0.2, 0.25) is 0 Å². The number of carbonyl (C=O) groups is 1. The van der Waals surface area contributed by atoms with E-state index >= 15 is 0 Å². The average Bonchev–Trinajstić information content (AvgIpc) is 2.90. The molecule has 0 radical (unpaired) electrons. The maximum Gasteiger partial charge on any atom is 0.341 e. The van der Waals surface area contributed by atoms with E-state index in [2.05, 4.69) is 5.10 Å². The van der Waals surface area contributed by atoms with Gasteiger partial charge >= 0.3 is 5.97 Å². The first-order chi connectivity index (χ1) is 10.8. The number of nitrogens with zero attached hydrogens (tertiary/aromatic N) is 3. The standard InChI is InChI=1S/C14H17N3O5S/c1-4-17(13-12(14(18)19)9-15-16(13)2)23(20,21)11-7-5-10(22-3)6-8-11/h5-9H,4H2,1-3H3,(H,18,19). The Balaban J connectivity index is 2.55. The number of anilines is 1. The fraction of sp³-hybridized carbons (Fsp3) is 0.286. The number of aromatic nitrogens is 2. The summed E-state index contributed by atoms with van der Waals surface area (Å²) < 4.78 is 32.9. The number of benzene rings is 1. The second kappa shape index (κ2) is 6.29. The zero-order valence-corrected chi connectivity index (χ0v) is 13.7. The van der Waals surface area contributed by atoms with Gasteiger partial charge in [-0.05, 0) is 31.2 Å². The van der Waals surface area contributed by atoms with Gasteiger partial charge in [-0.25, -0.2) is 17.5 Å². The van der Waals surface area contributed by atoms with Crippen LogP contribution in [0, 0.1) is 0 Å². The first kappa shape index (κ1) is 16.8. The van der Waals surface area contributed by atoms with Crippen molar-refractivity contribution in [3.05, 3.63) is 36.0 Å². The van der Waals surface area contributed by atoms with E-state index in [9.17, 15) is 18.3 Å². The van der Waals surface area contributed by atoms with Crippen molar-refractivity contribution >= 4 is 21.8 Å². The van der Waals surface area contributed by atoms with E-state index in [0.717, 1.165) is 10.5 Å². The van der Waals surface area contributed by atoms with Crippen LogP contribution >= 0.6 is 0 Å². The van der Waals surface area contributed by atoms with Crippen LogP contribution in [0.5, 0.6) is 5.75 Å². The molecule has 2 aromatic rings. The Hall–Kier alpha value is -2.55. The lowest BCUT2D eigenvalue weighted by Crippen LogP contribution is -2.33. The van der Waals surface area contributed by atoms with Crippen LogP contribution in [0.3, 0.4) is 0 Å². The number of carboxylic acids is 1. The number of hydrogen-bond donors (Lipinski definition) is 1. The van der Waals surface area contributed by atoms with Gasteiger partial charge in [-0.1, -0.05) is 0 Å². The van der Waals surface area contributed by atoms with Crippen molar-refractivity contribution in [1.29, 1.82) is 0 Å². The van der Waals surface area contributed by atoms with E-state index in [1.54, 1.807) is 6.92 Å². The van der Waals surface area contributed by atoms with Crippen molar-refractivity contribution in [3.63, 3.8) is 0 Å². The first-order valence-electron chi connectivity index (χ1n) is 6.75. The molecule has 0 aliphatic heterocycles. The van der Waals surface area contributed by atoms with Crippen LogP contribution < -0.4 is 9.04 Å². The molecule has 1 N–H and O–H groups in total. The molecule has 1 aromatic carbocycles. The molecule has 1 aromatic heterocycles. The van der Waals surface area contributed by atoms with Crippen LogP contribution in [0.15, 0.2) is 35.4 Å². The van der Waals surface area contributed by atoms with Crippen LogP contribution in [0.4, 0.5) is 5.82 Å². The average molecular weight is 339 g/mol. The second-order valence-corrected chi connectivity index (χ2v) is 6.52. The third kappa shape index (κ3) is 3.00. The highest BCUT2D eigenvalue weighted by Crippen LogP contribution is 2.27. The van der Waals surface area contributed by atoms with E-state index in [4.69, 9.17) is 4.74 Å². The summed E-state index contributed by atoms with van der Waals surface area (Å²) in [5, 5.41) is 13.1. The van der Waals surface area contributed by atoms with Crippen molar-refractivity contribution in [2.24, 2.45) is 7.05 Å². The number of aromatic carboxylic acids is 1. The molecule has 0 saturated carbocycles. The monoisotopic (exact) mass is 339 g/mol. The number of rotatable bonds is 6. The highest BCUT2D eigenvalue weighted by Gasteiger charge is 2.30. The highest BCUT2D eigenvalue weighted by molar-refractivity contribution is 7.92. The maximum absolute atomic E-state index is 12.8. The summed E-state index contributed by atoms with van der Waals surface area (Å²) in [6.07, 6.45) is 1.13. The molecule has 0 atom stereocenters. The molecule has 0 spiro atoms. The van der Waals surface area contributed by atoms with Gasteiger partial charge < -0.3 is 9.84 Å². The number of hydrogen-bond acceptors (Lipinski definition) is 5. The third-order valence-electron chi connectivity index (χ3n) is 3.31. The Labute approximate surface area is 134 Å². The van der Waals surface area contributed by atoms with Gasteiger partial charge in [0.1, 0.15) is 11.3 Å². The molecule has 0 amide bonds. The van der Waals surface area contributed by atoms with Crippen molar-refractivity contribution < 1.29 is 23.1 Å². The van der Waals surface area contributed by atoms with E-state index in [-0.39, 0.29) is 22.8 Å². The van der Waals surface area contributed by atoms with Gasteiger partial charge in [-0.15, -0.1) is 0 Å². The molecular formula is C14H17N3O5S. The summed E-state index contributed by atoms with van der Waals surface area (Å²) in [6, 6.07) is 5.88. The van der Waals surface area contributed by atoms with E-state index in [1.807, 2.05) is 0 Å². The first-order valence-corrected chi connectivity index (χ1v) is 8.19. The SMILES string of the molecule is CCN(c1c(C(=O)O)cnn1C)S(=O)(=O)c1ccc(OC)cc1. The van der Waals surface area contributed by atoms with E-state index in [1.165, 1.54) is 43.1 Å². The number of carboxylic acid groups (broad SMARTS) is 1. The van der Waals surface area contributed by atoms with Gasteiger partial charge in [0.15, 0.2) is 5.82 Å². The van der Waals surface area contributed by atoms with Crippen LogP contribution in [0.1, 0.15) is 17.3 Å². The van der Waals surface area contributed by atoms with Gasteiger partial charge in [-0.3, -0.25) is 4.68 Å². The summed E-state index contributed by atoms with van der Waals surface area (Å²) in [6.45, 7) is 1.69. The quantitative estimate of drug-likeness (QED) is 0.852. The normalized spacial score (nSPS) is 11.3. The molecular weight excluding hydrogens is 322 g/mol. The molecule has 0 aliphatic carbocycles. The molecule has 0 saturated heterocycles. The Morgan fingerprint density at radius 2 is 1.96 bits per heavy atom. The van der Waals surface area contributed by atoms with Crippen molar-refractivity contribution in [1.82, 2.24) is 9.78 Å². The fourth-order valence-corrected chi connectivity index (χ4v) is 3.70. The molecule has 0 fully saturated rings. The van der Waals surface area contributed by atoms with Crippen LogP contribution in [-0.2, 0) is 17.1 Å². The fourth-order valence-electron chi connectivity index (χ4n) is 2.19. The van der Waals surface area contributed by atoms with Gasteiger partial charge in [0.05, 0.1) is 18.2 Å². The zero-order valence-electron chi connectivity index (χ0n) is 12.9. The lowest BCUT2D eigenvalue weighted by molar-refractivity contribution is 0.0697. The van der Waals surface area contributed by atoms with Gasteiger partial charge in [0, 0.05) is 13.6 Å². The second-order valence-electron chi connectivity index (χ2n) is 4.66. The summed E-state index contributed by atoms with van der Waals surface area (Å²) in [5.74, 6) is -0.703. The molecule has 1 heterocycles. The Kier molecular flexibility index (Phi) is 4.60. The zero-order chi connectivity index (χ0) is 17.2. The highest BCUT2D eigenvalue weighted by atomic mass is 32.2. The van der Waals surface area contributed by atoms with E-state index < -0.39 is 16.0 Å². The van der Waals surface area contributed by atoms with Gasteiger partial charge in [0.25, 0.3) is 10.0 Å². The van der Waals surface area contributed by atoms with Crippen molar-refractivity contribution in [3.8, 4) is 5.75 Å². The Bertz CT molecular complexity index is 811. The Morgan fingerprint density at radius 3 is 2.43 bits per heavy atom. The number of ether oxygens (including phenoxy) is 1. The lowest BCUT2D eigenvalue weighted by Gasteiger charge is -2.23. The molecule has 23 heavy (non-hydrogen) atoms. The van der Waals surface area contributed by atoms with Crippen LogP contribution in [0.2, 0.25) is 0 Å². The lowest BCUT2D eigenvalue weighted by atomic mass is 10.3. The predicted molar refractivity (Wildman–Crippen MR) is 83.4 cm³/mol. The number of sulfonamides is 1. The molecule has 2 rings (SSSR count). The third-order valence-corrected chi connectivity index (χ3v) is 5.19. The smallest absolute Gasteiger partial charge is 0.341 e. The van der Waals surface area contributed by atoms with E-state index in [0.29, 0.717) is 5.75 Å². The predicted octanol–water partition coefficient (Wildman–Crippen LogP) is 1.34. The molecule has 9 heteroatoms. The summed E-state index contributed by atoms with van der Waals surface area (Å²) in [4.78, 5) is 11.4. The minimum atomic E-state index is -3.92. The topological polar surface area (TPSA) is 102 Å². The number of aryl methyl sites for hydroxylation is 1. The molecule has 0 unspecified atom stereocenters. The minimum absolute atomic E-state index is 0.0100. The molecule has 8 nitrogen and oxygen atoms in total. The van der Waals surface area contributed by atoms with Crippen LogP contribution in [-0.4, -0.2) is 42.9 Å². The summed E-state index contributed by atoms with van der Waals surface area (Å²) >= 11 is 0. The largest absolute Gasteiger partial charge is 0.497 e. The maximum atomic E-state index is 12.8. The Morgan fingerprint density at radius 1 is 1.35 bits per heavy atom. The number of methoxy groups -OCH3 is 1. The molecule has 124 valence electrons. The van der Waals surface area contributed by atoms with Crippen LogP contribution in [0.25, 0.3) is 0 Å². The van der Waals surface area contributed by atoms with Gasteiger partial charge in [-0.2, -0.15) is 5.10 Å². The van der Waals surface area contributed by atoms with Crippen molar-refractivity contribution in [2.75, 3.05) is 18.0 Å². The summed E-state index contributed by atoms with van der Waals surface area (Å²) in [5.41, 5.74) is -0.175. The molecule has 0 aliphatic rings. The summed E-state index contributed by atoms with van der Waals surface area (Å²) in [7, 11) is -0.947. The minimum Gasteiger partial charge on any atom is -0.497 e. The van der Waals surface area contributed by atoms with Crippen molar-refractivity contribution in [2.45, 2.75) is 11.8 Å². The molecule has 0 bridgehead atoms.